The van der Waals surface area contributed by atoms with E-state index < -0.39 is 5.60 Å². The predicted molar refractivity (Wildman–Crippen MR) is 53.7 cm³/mol. The maximum Gasteiger partial charge on any atom is 0.217 e. The molecule has 0 spiro atoms. The van der Waals surface area contributed by atoms with Gasteiger partial charge in [-0.1, -0.05) is 11.6 Å². The SMILES string of the molecule is COc1nccc(Cl)c1CC1(O)CC1. The van der Waals surface area contributed by atoms with Crippen LogP contribution in [-0.4, -0.2) is 22.8 Å². The Balaban J connectivity index is 2.29. The van der Waals surface area contributed by atoms with Gasteiger partial charge in [-0.05, 0) is 18.9 Å². The molecule has 0 aromatic carbocycles. The van der Waals surface area contributed by atoms with Crippen LogP contribution < -0.4 is 4.74 Å². The summed E-state index contributed by atoms with van der Waals surface area (Å²) in [6.45, 7) is 0. The maximum absolute atomic E-state index is 9.78. The average molecular weight is 214 g/mol. The van der Waals surface area contributed by atoms with Gasteiger partial charge in [0.1, 0.15) is 0 Å². The van der Waals surface area contributed by atoms with Gasteiger partial charge in [-0.3, -0.25) is 0 Å². The largest absolute Gasteiger partial charge is 0.481 e. The highest BCUT2D eigenvalue weighted by molar-refractivity contribution is 6.31. The fourth-order valence-electron chi connectivity index (χ4n) is 1.44. The Kier molecular flexibility index (Phi) is 2.37. The number of pyridine rings is 1. The van der Waals surface area contributed by atoms with Gasteiger partial charge in [0.05, 0.1) is 17.7 Å². The van der Waals surface area contributed by atoms with Gasteiger partial charge < -0.3 is 9.84 Å². The van der Waals surface area contributed by atoms with E-state index in [4.69, 9.17) is 16.3 Å². The molecule has 1 N–H and O–H groups in total. The highest BCUT2D eigenvalue weighted by Crippen LogP contribution is 2.41. The number of hydrogen-bond acceptors (Lipinski definition) is 3. The number of ether oxygens (including phenoxy) is 1. The number of aromatic nitrogens is 1. The molecule has 1 aliphatic carbocycles. The minimum Gasteiger partial charge on any atom is -0.481 e. The second-order valence-electron chi connectivity index (χ2n) is 3.68. The minimum atomic E-state index is -0.569. The molecule has 3 nitrogen and oxygen atoms in total. The van der Waals surface area contributed by atoms with E-state index in [9.17, 15) is 5.11 Å². The molecule has 0 bridgehead atoms. The van der Waals surface area contributed by atoms with E-state index in [1.807, 2.05) is 0 Å². The lowest BCUT2D eigenvalue weighted by Gasteiger charge is -2.12. The zero-order valence-corrected chi connectivity index (χ0v) is 8.71. The number of rotatable bonds is 3. The maximum atomic E-state index is 9.78. The van der Waals surface area contributed by atoms with Crippen LogP contribution in [0.25, 0.3) is 0 Å². The number of methoxy groups -OCH3 is 1. The molecular weight excluding hydrogens is 202 g/mol. The van der Waals surface area contributed by atoms with Crippen molar-refractivity contribution in [2.24, 2.45) is 0 Å². The van der Waals surface area contributed by atoms with Gasteiger partial charge in [-0.15, -0.1) is 0 Å². The Labute approximate surface area is 87.7 Å². The quantitative estimate of drug-likeness (QED) is 0.833. The molecule has 0 radical (unpaired) electrons. The Morgan fingerprint density at radius 2 is 2.36 bits per heavy atom. The van der Waals surface area contributed by atoms with E-state index in [1.165, 1.54) is 0 Å². The van der Waals surface area contributed by atoms with Crippen LogP contribution in [0.4, 0.5) is 0 Å². The third-order valence-electron chi connectivity index (χ3n) is 2.49. The molecule has 1 aliphatic rings. The van der Waals surface area contributed by atoms with E-state index >= 15 is 0 Å². The molecule has 76 valence electrons. The zero-order valence-electron chi connectivity index (χ0n) is 7.96. The number of nitrogens with zero attached hydrogens (tertiary/aromatic N) is 1. The average Bonchev–Trinajstić information content (AvgIpc) is 2.88. The van der Waals surface area contributed by atoms with Gasteiger partial charge >= 0.3 is 0 Å². The fraction of sp³-hybridized carbons (Fsp3) is 0.500. The second kappa shape index (κ2) is 3.41. The van der Waals surface area contributed by atoms with Crippen LogP contribution in [-0.2, 0) is 6.42 Å². The summed E-state index contributed by atoms with van der Waals surface area (Å²) in [6, 6.07) is 1.71. The number of hydrogen-bond donors (Lipinski definition) is 1. The summed E-state index contributed by atoms with van der Waals surface area (Å²) in [4.78, 5) is 4.05. The molecule has 14 heavy (non-hydrogen) atoms. The molecule has 1 fully saturated rings. The summed E-state index contributed by atoms with van der Waals surface area (Å²) in [7, 11) is 1.55. The van der Waals surface area contributed by atoms with Gasteiger partial charge in [0.15, 0.2) is 0 Å². The van der Waals surface area contributed by atoms with Gasteiger partial charge in [0.25, 0.3) is 0 Å². The summed E-state index contributed by atoms with van der Waals surface area (Å²) >= 11 is 6.01. The third kappa shape index (κ3) is 1.83. The topological polar surface area (TPSA) is 42.4 Å². The van der Waals surface area contributed by atoms with Crippen molar-refractivity contribution in [3.05, 3.63) is 22.8 Å². The predicted octanol–water partition coefficient (Wildman–Crippen LogP) is 1.81. The normalized spacial score (nSPS) is 17.9. The monoisotopic (exact) mass is 213 g/mol. The van der Waals surface area contributed by atoms with E-state index in [1.54, 1.807) is 19.4 Å². The summed E-state index contributed by atoms with van der Waals surface area (Å²) in [5, 5.41) is 10.4. The van der Waals surface area contributed by atoms with Crippen molar-refractivity contribution < 1.29 is 9.84 Å². The van der Waals surface area contributed by atoms with Crippen molar-refractivity contribution in [1.82, 2.24) is 4.98 Å². The highest BCUT2D eigenvalue weighted by Gasteiger charge is 2.41. The van der Waals surface area contributed by atoms with Crippen LogP contribution in [0.1, 0.15) is 18.4 Å². The summed E-state index contributed by atoms with van der Waals surface area (Å²) in [5.41, 5.74) is 0.233. The number of halogens is 1. The fourth-order valence-corrected chi connectivity index (χ4v) is 1.64. The number of aliphatic hydroxyl groups is 1. The first kappa shape index (κ1) is 9.74. The molecule has 0 unspecified atom stereocenters. The summed E-state index contributed by atoms with van der Waals surface area (Å²) in [6.07, 6.45) is 3.80. The van der Waals surface area contributed by atoms with Gasteiger partial charge in [0, 0.05) is 18.2 Å². The first-order chi connectivity index (χ1) is 6.64. The van der Waals surface area contributed by atoms with Crippen LogP contribution in [0.15, 0.2) is 12.3 Å². The summed E-state index contributed by atoms with van der Waals surface area (Å²) < 4.78 is 5.09. The first-order valence-corrected chi connectivity index (χ1v) is 4.92. The Morgan fingerprint density at radius 1 is 1.64 bits per heavy atom. The van der Waals surface area contributed by atoms with E-state index in [-0.39, 0.29) is 0 Å². The van der Waals surface area contributed by atoms with Crippen molar-refractivity contribution in [3.8, 4) is 5.88 Å². The van der Waals surface area contributed by atoms with E-state index in [2.05, 4.69) is 4.98 Å². The second-order valence-corrected chi connectivity index (χ2v) is 4.09. The zero-order chi connectivity index (χ0) is 10.2. The molecule has 1 heterocycles. The van der Waals surface area contributed by atoms with Crippen molar-refractivity contribution in [2.45, 2.75) is 24.9 Å². The Hall–Kier alpha value is -0.800. The minimum absolute atomic E-state index is 0.512. The smallest absolute Gasteiger partial charge is 0.217 e. The van der Waals surface area contributed by atoms with Crippen molar-refractivity contribution in [1.29, 1.82) is 0 Å². The molecule has 0 atom stereocenters. The van der Waals surface area contributed by atoms with Crippen molar-refractivity contribution >= 4 is 11.6 Å². The van der Waals surface area contributed by atoms with Gasteiger partial charge in [-0.2, -0.15) is 0 Å². The highest BCUT2D eigenvalue weighted by atomic mass is 35.5. The lowest BCUT2D eigenvalue weighted by Crippen LogP contribution is -2.12. The molecule has 0 amide bonds. The van der Waals surface area contributed by atoms with Crippen molar-refractivity contribution in [3.63, 3.8) is 0 Å². The van der Waals surface area contributed by atoms with Crippen molar-refractivity contribution in [2.75, 3.05) is 7.11 Å². The molecule has 0 saturated heterocycles. The Bertz CT molecular complexity index is 350. The molecule has 1 aromatic heterocycles. The van der Waals surface area contributed by atoms with Crippen LogP contribution in [0, 0.1) is 0 Å². The lowest BCUT2D eigenvalue weighted by molar-refractivity contribution is 0.149. The molecule has 1 saturated carbocycles. The van der Waals surface area contributed by atoms with E-state index in [0.29, 0.717) is 17.3 Å². The van der Waals surface area contributed by atoms with Crippen LogP contribution in [0.5, 0.6) is 5.88 Å². The molecule has 4 heteroatoms. The van der Waals surface area contributed by atoms with Crippen LogP contribution in [0.3, 0.4) is 0 Å². The molecular formula is C10H12ClNO2. The third-order valence-corrected chi connectivity index (χ3v) is 2.84. The first-order valence-electron chi connectivity index (χ1n) is 4.54. The Morgan fingerprint density at radius 3 is 2.93 bits per heavy atom. The van der Waals surface area contributed by atoms with E-state index in [0.717, 1.165) is 18.4 Å². The lowest BCUT2D eigenvalue weighted by atomic mass is 10.1. The van der Waals surface area contributed by atoms with Gasteiger partial charge in [0.2, 0.25) is 5.88 Å². The molecule has 0 aliphatic heterocycles. The molecule has 1 aromatic rings. The standard InChI is InChI=1S/C10H12ClNO2/c1-14-9-7(6-10(13)3-4-10)8(11)2-5-12-9/h2,5,13H,3-4,6H2,1H3. The summed E-state index contributed by atoms with van der Waals surface area (Å²) in [5.74, 6) is 0.512. The van der Waals surface area contributed by atoms with Gasteiger partial charge in [-0.25, -0.2) is 4.98 Å². The van der Waals surface area contributed by atoms with Crippen LogP contribution >= 0.6 is 11.6 Å². The molecule has 2 rings (SSSR count). The van der Waals surface area contributed by atoms with Crippen LogP contribution in [0.2, 0.25) is 5.02 Å².